The zero-order valence-electron chi connectivity index (χ0n) is 16.1. The molecule has 9 heteroatoms. The number of urea groups is 1. The lowest BCUT2D eigenvalue weighted by Gasteiger charge is -2.33. The van der Waals surface area contributed by atoms with Crippen LogP contribution in [-0.2, 0) is 20.6 Å². The lowest BCUT2D eigenvalue weighted by Crippen LogP contribution is -2.53. The van der Waals surface area contributed by atoms with Crippen molar-refractivity contribution in [2.45, 2.75) is 32.1 Å². The van der Waals surface area contributed by atoms with Gasteiger partial charge in [-0.2, -0.15) is 4.31 Å². The van der Waals surface area contributed by atoms with E-state index >= 15 is 0 Å². The van der Waals surface area contributed by atoms with Crippen LogP contribution in [0.2, 0.25) is 0 Å². The van der Waals surface area contributed by atoms with Crippen LogP contribution in [0.5, 0.6) is 0 Å². The smallest absolute Gasteiger partial charge is 0.321 e. The number of amides is 3. The van der Waals surface area contributed by atoms with Crippen LogP contribution in [0, 0.1) is 0 Å². The molecular weight excluding hydrogens is 368 g/mol. The maximum atomic E-state index is 12.5. The number of benzene rings is 1. The van der Waals surface area contributed by atoms with Crippen LogP contribution in [0.25, 0.3) is 0 Å². The van der Waals surface area contributed by atoms with Crippen molar-refractivity contribution < 1.29 is 18.0 Å². The van der Waals surface area contributed by atoms with Crippen molar-refractivity contribution >= 4 is 22.0 Å². The summed E-state index contributed by atoms with van der Waals surface area (Å²) in [4.78, 5) is 25.5. The van der Waals surface area contributed by atoms with Crippen molar-refractivity contribution in [3.8, 4) is 0 Å². The predicted octanol–water partition coefficient (Wildman–Crippen LogP) is 0.758. The number of sulfonamides is 1. The number of imide groups is 1. The average Bonchev–Trinajstić information content (AvgIpc) is 2.53. The van der Waals surface area contributed by atoms with Crippen molar-refractivity contribution in [2.75, 3.05) is 32.7 Å². The van der Waals surface area contributed by atoms with E-state index in [2.05, 4.69) is 10.6 Å². The Bertz CT molecular complexity index is 751. The molecule has 3 amide bonds. The number of carbonyl (C=O) groups excluding carboxylic acids is 2. The number of rotatable bonds is 5. The molecule has 0 saturated carbocycles. The molecule has 1 aliphatic rings. The summed E-state index contributed by atoms with van der Waals surface area (Å²) in [6, 6.07) is 8.54. The fraction of sp³-hybridized carbons (Fsp3) is 0.556. The maximum absolute atomic E-state index is 12.5. The summed E-state index contributed by atoms with van der Waals surface area (Å²) < 4.78 is 26.5. The summed E-state index contributed by atoms with van der Waals surface area (Å²) >= 11 is 0. The second-order valence-electron chi connectivity index (χ2n) is 7.67. The molecule has 1 heterocycles. The Morgan fingerprint density at radius 1 is 1.04 bits per heavy atom. The van der Waals surface area contributed by atoms with Gasteiger partial charge in [0.15, 0.2) is 0 Å². The quantitative estimate of drug-likeness (QED) is 0.766. The highest BCUT2D eigenvalue weighted by atomic mass is 32.2. The normalized spacial score (nSPS) is 16.7. The third kappa shape index (κ3) is 7.28. The Morgan fingerprint density at radius 2 is 1.63 bits per heavy atom. The van der Waals surface area contributed by atoms with Crippen LogP contribution in [0.4, 0.5) is 4.79 Å². The summed E-state index contributed by atoms with van der Waals surface area (Å²) in [6.45, 7) is 7.09. The van der Waals surface area contributed by atoms with E-state index in [0.717, 1.165) is 5.56 Å². The molecule has 27 heavy (non-hydrogen) atoms. The van der Waals surface area contributed by atoms with E-state index in [1.54, 1.807) is 12.1 Å². The Labute approximate surface area is 161 Å². The zero-order chi connectivity index (χ0) is 20.1. The molecule has 0 aromatic heterocycles. The Balaban J connectivity index is 1.79. The molecule has 1 aromatic rings. The highest BCUT2D eigenvalue weighted by Gasteiger charge is 2.28. The number of hydrogen-bond acceptors (Lipinski definition) is 5. The number of carbonyl (C=O) groups is 2. The molecule has 0 unspecified atom stereocenters. The van der Waals surface area contributed by atoms with Crippen molar-refractivity contribution in [3.63, 3.8) is 0 Å². The Morgan fingerprint density at radius 3 is 2.19 bits per heavy atom. The molecule has 0 aliphatic carbocycles. The van der Waals surface area contributed by atoms with Gasteiger partial charge in [0.05, 0.1) is 12.3 Å². The molecule has 1 saturated heterocycles. The molecule has 0 bridgehead atoms. The third-order valence-corrected chi connectivity index (χ3v) is 5.88. The van der Waals surface area contributed by atoms with Crippen molar-refractivity contribution in [1.29, 1.82) is 0 Å². The van der Waals surface area contributed by atoms with Crippen molar-refractivity contribution in [2.24, 2.45) is 0 Å². The molecule has 150 valence electrons. The van der Waals surface area contributed by atoms with Gasteiger partial charge in [0.1, 0.15) is 0 Å². The number of nitrogens with one attached hydrogen (secondary N) is 2. The minimum Gasteiger partial charge on any atom is -0.333 e. The molecular formula is C18H28N4O4S. The molecule has 1 aliphatic heterocycles. The molecule has 0 atom stereocenters. The molecule has 0 spiro atoms. The van der Waals surface area contributed by atoms with E-state index in [1.165, 1.54) is 4.31 Å². The van der Waals surface area contributed by atoms with Crippen LogP contribution < -0.4 is 10.6 Å². The number of piperazine rings is 1. The summed E-state index contributed by atoms with van der Waals surface area (Å²) in [5, 5.41) is 4.96. The van der Waals surface area contributed by atoms with Gasteiger partial charge in [-0.15, -0.1) is 0 Å². The lowest BCUT2D eigenvalue weighted by molar-refractivity contribution is -0.121. The van der Waals surface area contributed by atoms with Gasteiger partial charge in [0.25, 0.3) is 0 Å². The third-order valence-electron chi connectivity index (χ3n) is 4.03. The first kappa shape index (κ1) is 21.3. The van der Waals surface area contributed by atoms with Gasteiger partial charge in [-0.25, -0.2) is 13.2 Å². The molecule has 8 nitrogen and oxygen atoms in total. The average molecular weight is 397 g/mol. The van der Waals surface area contributed by atoms with E-state index in [1.807, 2.05) is 43.9 Å². The summed E-state index contributed by atoms with van der Waals surface area (Å²) in [5.74, 6) is -0.432. The number of nitrogens with zero attached hydrogens (tertiary/aromatic N) is 2. The van der Waals surface area contributed by atoms with Crippen LogP contribution in [0.15, 0.2) is 30.3 Å². The Kier molecular flexibility index (Phi) is 6.96. The van der Waals surface area contributed by atoms with E-state index in [9.17, 15) is 18.0 Å². The van der Waals surface area contributed by atoms with E-state index in [4.69, 9.17) is 0 Å². The summed E-state index contributed by atoms with van der Waals surface area (Å²) in [7, 11) is -3.39. The minimum atomic E-state index is -3.39. The summed E-state index contributed by atoms with van der Waals surface area (Å²) in [6.07, 6.45) is 0. The first-order valence-corrected chi connectivity index (χ1v) is 10.5. The monoisotopic (exact) mass is 396 g/mol. The van der Waals surface area contributed by atoms with Crippen molar-refractivity contribution in [1.82, 2.24) is 19.8 Å². The van der Waals surface area contributed by atoms with Gasteiger partial charge in [0, 0.05) is 31.7 Å². The molecule has 0 radical (unpaired) electrons. The van der Waals surface area contributed by atoms with Gasteiger partial charge in [-0.3, -0.25) is 15.0 Å². The summed E-state index contributed by atoms with van der Waals surface area (Å²) in [5.41, 5.74) is 0.326. The Hall–Kier alpha value is -1.97. The molecule has 1 aromatic carbocycles. The minimum absolute atomic E-state index is 0.0265. The first-order valence-electron chi connectivity index (χ1n) is 8.91. The second-order valence-corrected chi connectivity index (χ2v) is 9.64. The molecule has 2 N–H and O–H groups in total. The predicted molar refractivity (Wildman–Crippen MR) is 104 cm³/mol. The zero-order valence-corrected chi connectivity index (χ0v) is 16.9. The topological polar surface area (TPSA) is 98.8 Å². The van der Waals surface area contributed by atoms with Crippen LogP contribution in [-0.4, -0.2) is 67.8 Å². The first-order chi connectivity index (χ1) is 12.5. The molecule has 2 rings (SSSR count). The van der Waals surface area contributed by atoms with E-state index in [0.29, 0.717) is 26.2 Å². The van der Waals surface area contributed by atoms with Gasteiger partial charge in [0.2, 0.25) is 15.9 Å². The van der Waals surface area contributed by atoms with E-state index < -0.39 is 27.5 Å². The maximum Gasteiger partial charge on any atom is 0.321 e. The molecule has 1 fully saturated rings. The van der Waals surface area contributed by atoms with Crippen LogP contribution in [0.3, 0.4) is 0 Å². The number of hydrogen-bond donors (Lipinski definition) is 2. The van der Waals surface area contributed by atoms with E-state index in [-0.39, 0.29) is 12.3 Å². The fourth-order valence-electron chi connectivity index (χ4n) is 2.78. The second kappa shape index (κ2) is 8.81. The fourth-order valence-corrected chi connectivity index (χ4v) is 4.30. The standard InChI is InChI=1S/C18H28N4O4S/c1-18(2,3)20-17(24)19-16(23)13-21-9-11-22(12-10-21)27(25,26)14-15-7-5-4-6-8-15/h4-8H,9-14H2,1-3H3,(H2,19,20,23,24). The van der Waals surface area contributed by atoms with Gasteiger partial charge >= 0.3 is 6.03 Å². The largest absolute Gasteiger partial charge is 0.333 e. The van der Waals surface area contributed by atoms with Gasteiger partial charge in [-0.05, 0) is 26.3 Å². The van der Waals surface area contributed by atoms with Crippen molar-refractivity contribution in [3.05, 3.63) is 35.9 Å². The van der Waals surface area contributed by atoms with Gasteiger partial charge < -0.3 is 5.32 Å². The van der Waals surface area contributed by atoms with Crippen LogP contribution in [0.1, 0.15) is 26.3 Å². The van der Waals surface area contributed by atoms with Gasteiger partial charge in [-0.1, -0.05) is 30.3 Å². The highest BCUT2D eigenvalue weighted by Crippen LogP contribution is 2.13. The highest BCUT2D eigenvalue weighted by molar-refractivity contribution is 7.88. The lowest BCUT2D eigenvalue weighted by atomic mass is 10.1. The van der Waals surface area contributed by atoms with Crippen LogP contribution >= 0.6 is 0 Å². The SMILES string of the molecule is CC(C)(C)NC(=O)NC(=O)CN1CCN(S(=O)(=O)Cc2ccccc2)CC1.